The molecule has 0 saturated carbocycles. The Morgan fingerprint density at radius 3 is 2.47 bits per heavy atom. The summed E-state index contributed by atoms with van der Waals surface area (Å²) >= 11 is 0. The highest BCUT2D eigenvalue weighted by atomic mass is 19.1. The van der Waals surface area contributed by atoms with Gasteiger partial charge in [-0.05, 0) is 31.0 Å². The van der Waals surface area contributed by atoms with Crippen LogP contribution in [-0.2, 0) is 4.79 Å². The second-order valence-electron chi connectivity index (χ2n) is 4.52. The molecule has 1 rings (SSSR count). The molecule has 2 nitrogen and oxygen atoms in total. The quantitative estimate of drug-likeness (QED) is 0.708. The van der Waals surface area contributed by atoms with Crippen molar-refractivity contribution in [2.45, 2.75) is 26.7 Å². The molecule has 1 aromatic carbocycles. The van der Waals surface area contributed by atoms with Crippen molar-refractivity contribution in [3.8, 4) is 0 Å². The summed E-state index contributed by atoms with van der Waals surface area (Å²) in [5.41, 5.74) is 0.472. The number of hydrogen-bond donors (Lipinski definition) is 0. The number of halogens is 1. The summed E-state index contributed by atoms with van der Waals surface area (Å²) < 4.78 is 13.1. The maximum atomic E-state index is 13.1. The summed E-state index contributed by atoms with van der Waals surface area (Å²) in [6.45, 7) is 4.64. The minimum atomic E-state index is -0.332. The van der Waals surface area contributed by atoms with Crippen LogP contribution in [0.5, 0.6) is 0 Å². The number of anilines is 1. The van der Waals surface area contributed by atoms with Gasteiger partial charge in [0.15, 0.2) is 0 Å². The Bertz CT molecular complexity index is 374. The Morgan fingerprint density at radius 2 is 2.00 bits per heavy atom. The third kappa shape index (κ3) is 3.29. The molecule has 0 aromatic heterocycles. The lowest BCUT2D eigenvalue weighted by Crippen LogP contribution is -2.36. The van der Waals surface area contributed by atoms with Crippen molar-refractivity contribution in [3.63, 3.8) is 0 Å². The third-order valence-electron chi connectivity index (χ3n) is 3.46. The van der Waals surface area contributed by atoms with Crippen molar-refractivity contribution in [3.05, 3.63) is 30.1 Å². The molecule has 0 atom stereocenters. The first-order chi connectivity index (χ1) is 8.06. The van der Waals surface area contributed by atoms with Crippen LogP contribution in [0.4, 0.5) is 10.1 Å². The minimum Gasteiger partial charge on any atom is -0.374 e. The number of benzene rings is 1. The standard InChI is InChI=1S/C14H20FNO/c1-4-14(5-2,11-17)10-16(3)13-8-6-7-12(15)9-13/h6-9,11H,4-5,10H2,1-3H3. The van der Waals surface area contributed by atoms with Crippen LogP contribution >= 0.6 is 0 Å². The molecule has 94 valence electrons. The molecule has 0 saturated heterocycles. The van der Waals surface area contributed by atoms with E-state index in [1.807, 2.05) is 31.9 Å². The fourth-order valence-corrected chi connectivity index (χ4v) is 1.95. The molecule has 0 fully saturated rings. The number of nitrogens with zero attached hydrogens (tertiary/aromatic N) is 1. The van der Waals surface area contributed by atoms with E-state index in [2.05, 4.69) is 0 Å². The molecule has 0 aliphatic carbocycles. The van der Waals surface area contributed by atoms with E-state index >= 15 is 0 Å². The Kier molecular flexibility index (Phi) is 4.67. The van der Waals surface area contributed by atoms with E-state index < -0.39 is 0 Å². The summed E-state index contributed by atoms with van der Waals surface area (Å²) in [7, 11) is 1.89. The smallest absolute Gasteiger partial charge is 0.127 e. The second kappa shape index (κ2) is 5.80. The van der Waals surface area contributed by atoms with Gasteiger partial charge in [0.25, 0.3) is 0 Å². The van der Waals surface area contributed by atoms with Crippen LogP contribution in [0.25, 0.3) is 0 Å². The van der Waals surface area contributed by atoms with Crippen LogP contribution in [0.3, 0.4) is 0 Å². The van der Waals surface area contributed by atoms with Crippen molar-refractivity contribution in [2.24, 2.45) is 5.41 Å². The first kappa shape index (κ1) is 13.7. The van der Waals surface area contributed by atoms with Gasteiger partial charge in [0.1, 0.15) is 12.1 Å². The molecule has 0 radical (unpaired) electrons. The van der Waals surface area contributed by atoms with Crippen molar-refractivity contribution in [1.82, 2.24) is 0 Å². The molecular weight excluding hydrogens is 217 g/mol. The van der Waals surface area contributed by atoms with Gasteiger partial charge < -0.3 is 9.69 Å². The molecule has 0 amide bonds. The molecule has 17 heavy (non-hydrogen) atoms. The summed E-state index contributed by atoms with van der Waals surface area (Å²) in [5.74, 6) is -0.251. The molecule has 0 heterocycles. The van der Waals surface area contributed by atoms with Crippen molar-refractivity contribution >= 4 is 12.0 Å². The predicted molar refractivity (Wildman–Crippen MR) is 68.7 cm³/mol. The number of aldehydes is 1. The van der Waals surface area contributed by atoms with Gasteiger partial charge in [-0.15, -0.1) is 0 Å². The molecule has 0 aliphatic rings. The Hall–Kier alpha value is -1.38. The van der Waals surface area contributed by atoms with E-state index in [4.69, 9.17) is 0 Å². The summed E-state index contributed by atoms with van der Waals surface area (Å²) in [4.78, 5) is 13.2. The Balaban J connectivity index is 2.84. The Labute approximate surface area is 102 Å². The maximum absolute atomic E-state index is 13.1. The molecule has 0 unspecified atom stereocenters. The maximum Gasteiger partial charge on any atom is 0.127 e. The molecule has 0 bridgehead atoms. The average molecular weight is 237 g/mol. The molecule has 0 aliphatic heterocycles. The average Bonchev–Trinajstić information content (AvgIpc) is 2.36. The summed E-state index contributed by atoms with van der Waals surface area (Å²) in [5, 5.41) is 0. The van der Waals surface area contributed by atoms with Crippen LogP contribution in [-0.4, -0.2) is 19.9 Å². The minimum absolute atomic E-state index is 0.251. The van der Waals surface area contributed by atoms with Crippen LogP contribution < -0.4 is 4.90 Å². The lowest BCUT2D eigenvalue weighted by molar-refractivity contribution is -0.116. The fraction of sp³-hybridized carbons (Fsp3) is 0.500. The summed E-state index contributed by atoms with van der Waals surface area (Å²) in [6.07, 6.45) is 2.63. The van der Waals surface area contributed by atoms with E-state index in [0.717, 1.165) is 24.8 Å². The fourth-order valence-electron chi connectivity index (χ4n) is 1.95. The van der Waals surface area contributed by atoms with E-state index in [-0.39, 0.29) is 11.2 Å². The van der Waals surface area contributed by atoms with Gasteiger partial charge in [-0.2, -0.15) is 0 Å². The number of hydrogen-bond acceptors (Lipinski definition) is 2. The van der Waals surface area contributed by atoms with Crippen LogP contribution in [0.15, 0.2) is 24.3 Å². The normalized spacial score (nSPS) is 11.3. The van der Waals surface area contributed by atoms with E-state index in [1.165, 1.54) is 12.1 Å². The molecule has 0 N–H and O–H groups in total. The topological polar surface area (TPSA) is 20.3 Å². The molecule has 3 heteroatoms. The first-order valence-corrected chi connectivity index (χ1v) is 6.00. The lowest BCUT2D eigenvalue weighted by atomic mass is 9.83. The zero-order valence-corrected chi connectivity index (χ0v) is 10.7. The SMILES string of the molecule is CCC(C=O)(CC)CN(C)c1cccc(F)c1. The summed E-state index contributed by atoms with van der Waals surface area (Å²) in [6, 6.07) is 6.44. The van der Waals surface area contributed by atoms with Gasteiger partial charge in [0.2, 0.25) is 0 Å². The van der Waals surface area contributed by atoms with Crippen LogP contribution in [0.1, 0.15) is 26.7 Å². The van der Waals surface area contributed by atoms with Crippen molar-refractivity contribution in [2.75, 3.05) is 18.5 Å². The monoisotopic (exact) mass is 237 g/mol. The zero-order chi connectivity index (χ0) is 12.9. The lowest BCUT2D eigenvalue weighted by Gasteiger charge is -2.31. The van der Waals surface area contributed by atoms with E-state index in [0.29, 0.717) is 6.54 Å². The number of rotatable bonds is 6. The largest absolute Gasteiger partial charge is 0.374 e. The molecule has 1 aromatic rings. The van der Waals surface area contributed by atoms with Crippen molar-refractivity contribution in [1.29, 1.82) is 0 Å². The third-order valence-corrected chi connectivity index (χ3v) is 3.46. The second-order valence-corrected chi connectivity index (χ2v) is 4.52. The van der Waals surface area contributed by atoms with Crippen molar-refractivity contribution < 1.29 is 9.18 Å². The zero-order valence-electron chi connectivity index (χ0n) is 10.7. The highest BCUT2D eigenvalue weighted by Gasteiger charge is 2.27. The number of carbonyl (C=O) groups is 1. The van der Waals surface area contributed by atoms with Gasteiger partial charge in [-0.1, -0.05) is 19.9 Å². The predicted octanol–water partition coefficient (Wildman–Crippen LogP) is 3.27. The van der Waals surface area contributed by atoms with Gasteiger partial charge in [0.05, 0.1) is 0 Å². The van der Waals surface area contributed by atoms with Gasteiger partial charge in [0, 0.05) is 24.7 Å². The number of carbonyl (C=O) groups excluding carboxylic acids is 1. The van der Waals surface area contributed by atoms with Crippen LogP contribution in [0.2, 0.25) is 0 Å². The van der Waals surface area contributed by atoms with E-state index in [9.17, 15) is 9.18 Å². The molecular formula is C14H20FNO. The first-order valence-electron chi connectivity index (χ1n) is 6.00. The molecule has 0 spiro atoms. The van der Waals surface area contributed by atoms with Gasteiger partial charge >= 0.3 is 0 Å². The van der Waals surface area contributed by atoms with E-state index in [1.54, 1.807) is 6.07 Å². The van der Waals surface area contributed by atoms with Gasteiger partial charge in [-0.25, -0.2) is 4.39 Å². The Morgan fingerprint density at radius 1 is 1.35 bits per heavy atom. The highest BCUT2D eigenvalue weighted by Crippen LogP contribution is 2.27. The van der Waals surface area contributed by atoms with Crippen LogP contribution in [0, 0.1) is 11.2 Å². The highest BCUT2D eigenvalue weighted by molar-refractivity contribution is 5.61. The van der Waals surface area contributed by atoms with Gasteiger partial charge in [-0.3, -0.25) is 0 Å².